The van der Waals surface area contributed by atoms with Gasteiger partial charge in [-0.05, 0) is 0 Å². The van der Waals surface area contributed by atoms with Crippen LogP contribution in [0.25, 0.3) is 0 Å². The molecule has 86 valence electrons. The molecule has 0 aliphatic rings. The molecule has 0 heterocycles. The van der Waals surface area contributed by atoms with E-state index in [0.717, 1.165) is 0 Å². The van der Waals surface area contributed by atoms with Crippen molar-refractivity contribution in [3.05, 3.63) is 0 Å². The quantitative estimate of drug-likeness (QED) is 0.591. The fourth-order valence-electron chi connectivity index (χ4n) is 0.416. The highest BCUT2D eigenvalue weighted by molar-refractivity contribution is 7.80. The van der Waals surface area contributed by atoms with Gasteiger partial charge in [-0.15, -0.1) is 0 Å². The summed E-state index contributed by atoms with van der Waals surface area (Å²) in [7, 11) is -5.83. The first-order valence-corrected chi connectivity index (χ1v) is 3.99. The largest absolute Gasteiger partial charge is 0.425 e. The van der Waals surface area contributed by atoms with Crippen molar-refractivity contribution in [1.29, 1.82) is 0 Å². The Morgan fingerprint density at radius 3 is 1.36 bits per heavy atom. The number of halogens is 6. The minimum absolute atomic E-state index is 2.44. The van der Waals surface area contributed by atoms with E-state index in [1.165, 1.54) is 0 Å². The van der Waals surface area contributed by atoms with Crippen LogP contribution >= 0.6 is 0 Å². The summed E-state index contributed by atoms with van der Waals surface area (Å²) in [5.74, 6) is 0. The van der Waals surface area contributed by atoms with Crippen molar-refractivity contribution in [2.24, 2.45) is 0 Å². The summed E-state index contributed by atoms with van der Waals surface area (Å²) >= 11 is 0. The highest BCUT2D eigenvalue weighted by Gasteiger charge is 2.60. The summed E-state index contributed by atoms with van der Waals surface area (Å²) in [6.07, 6.45) is -16.5. The maximum atomic E-state index is 11.5. The Kier molecular flexibility index (Phi) is 3.41. The SMILES string of the molecule is O=S(=O)(O)OC(C(F)(F)F)C(F)(F)F. The van der Waals surface area contributed by atoms with Gasteiger partial charge in [0.15, 0.2) is 0 Å². The third kappa shape index (κ3) is 4.62. The number of hydrogen-bond donors (Lipinski definition) is 1. The molecule has 0 amide bonds. The Balaban J connectivity index is 4.97. The molecule has 0 radical (unpaired) electrons. The first-order chi connectivity index (χ1) is 5.84. The molecule has 0 aromatic heterocycles. The van der Waals surface area contributed by atoms with E-state index >= 15 is 0 Å². The lowest BCUT2D eigenvalue weighted by molar-refractivity contribution is -0.300. The molecule has 0 fully saturated rings. The maximum Gasteiger partial charge on any atom is 0.425 e. The van der Waals surface area contributed by atoms with Gasteiger partial charge in [0, 0.05) is 0 Å². The molecular formula is C3H2F6O4S. The molecule has 0 aliphatic heterocycles. The lowest BCUT2D eigenvalue weighted by Crippen LogP contribution is -2.45. The summed E-state index contributed by atoms with van der Waals surface area (Å²) in [6.45, 7) is 0. The van der Waals surface area contributed by atoms with Crippen LogP contribution in [-0.4, -0.2) is 31.4 Å². The Morgan fingerprint density at radius 1 is 1.00 bits per heavy atom. The second kappa shape index (κ2) is 3.55. The van der Waals surface area contributed by atoms with Crippen LogP contribution in [0.5, 0.6) is 0 Å². The van der Waals surface area contributed by atoms with Crippen molar-refractivity contribution in [2.45, 2.75) is 18.5 Å². The predicted molar refractivity (Wildman–Crippen MR) is 28.5 cm³/mol. The molecule has 0 saturated heterocycles. The molecule has 14 heavy (non-hydrogen) atoms. The van der Waals surface area contributed by atoms with E-state index in [1.807, 2.05) is 0 Å². The summed E-state index contributed by atoms with van der Waals surface area (Å²) in [5, 5.41) is 0. The van der Waals surface area contributed by atoms with Gasteiger partial charge in [0.25, 0.3) is 6.10 Å². The maximum absolute atomic E-state index is 11.5. The highest BCUT2D eigenvalue weighted by atomic mass is 32.3. The van der Waals surface area contributed by atoms with E-state index in [0.29, 0.717) is 0 Å². The second-order valence-electron chi connectivity index (χ2n) is 1.99. The van der Waals surface area contributed by atoms with E-state index in [9.17, 15) is 34.8 Å². The normalized spacial score (nSPS) is 14.9. The van der Waals surface area contributed by atoms with E-state index in [4.69, 9.17) is 4.55 Å². The van der Waals surface area contributed by atoms with Crippen LogP contribution in [0.1, 0.15) is 0 Å². The van der Waals surface area contributed by atoms with Crippen molar-refractivity contribution >= 4 is 10.4 Å². The predicted octanol–water partition coefficient (Wildman–Crippen LogP) is 1.30. The summed E-state index contributed by atoms with van der Waals surface area (Å²) in [5.41, 5.74) is 0. The third-order valence-corrected chi connectivity index (χ3v) is 1.25. The molecule has 0 unspecified atom stereocenters. The van der Waals surface area contributed by atoms with Gasteiger partial charge < -0.3 is 0 Å². The summed E-state index contributed by atoms with van der Waals surface area (Å²) < 4.78 is 98.6. The molecule has 0 rings (SSSR count). The highest BCUT2D eigenvalue weighted by Crippen LogP contribution is 2.36. The number of alkyl halides is 6. The molecule has 0 aromatic carbocycles. The molecule has 0 saturated carbocycles. The Hall–Kier alpha value is -0.550. The van der Waals surface area contributed by atoms with Gasteiger partial charge in [-0.1, -0.05) is 0 Å². The van der Waals surface area contributed by atoms with Crippen LogP contribution in [0, 0.1) is 0 Å². The minimum Gasteiger partial charge on any atom is -0.264 e. The van der Waals surface area contributed by atoms with Gasteiger partial charge in [-0.25, -0.2) is 4.18 Å². The van der Waals surface area contributed by atoms with Crippen molar-refractivity contribution in [2.75, 3.05) is 0 Å². The number of hydrogen-bond acceptors (Lipinski definition) is 3. The van der Waals surface area contributed by atoms with Gasteiger partial charge >= 0.3 is 22.8 Å². The molecule has 0 bridgehead atoms. The van der Waals surface area contributed by atoms with E-state index in [2.05, 4.69) is 4.18 Å². The molecule has 0 atom stereocenters. The average molecular weight is 248 g/mol. The smallest absolute Gasteiger partial charge is 0.264 e. The lowest BCUT2D eigenvalue weighted by Gasteiger charge is -2.20. The first-order valence-electron chi connectivity index (χ1n) is 2.63. The van der Waals surface area contributed by atoms with Gasteiger partial charge in [-0.3, -0.25) is 4.55 Å². The monoisotopic (exact) mass is 248 g/mol. The summed E-state index contributed by atoms with van der Waals surface area (Å²) in [4.78, 5) is 0. The van der Waals surface area contributed by atoms with Crippen LogP contribution in [-0.2, 0) is 14.6 Å². The summed E-state index contributed by atoms with van der Waals surface area (Å²) in [6, 6.07) is 0. The third-order valence-electron chi connectivity index (χ3n) is 0.812. The standard InChI is InChI=1S/C3H2F6O4S/c4-2(5,6)1(3(7,8)9)13-14(10,11)12/h1H,(H,10,11,12). The van der Waals surface area contributed by atoms with Crippen molar-refractivity contribution in [3.63, 3.8) is 0 Å². The van der Waals surface area contributed by atoms with Crippen molar-refractivity contribution < 1.29 is 43.5 Å². The van der Waals surface area contributed by atoms with Crippen LogP contribution in [0.3, 0.4) is 0 Å². The average Bonchev–Trinajstić information content (AvgIpc) is 1.75. The molecule has 0 aliphatic carbocycles. The molecular weight excluding hydrogens is 246 g/mol. The fraction of sp³-hybridized carbons (Fsp3) is 1.00. The van der Waals surface area contributed by atoms with Crippen molar-refractivity contribution in [1.82, 2.24) is 0 Å². The first kappa shape index (κ1) is 13.4. The van der Waals surface area contributed by atoms with Crippen molar-refractivity contribution in [3.8, 4) is 0 Å². The van der Waals surface area contributed by atoms with Crippen LogP contribution < -0.4 is 0 Å². The topological polar surface area (TPSA) is 63.6 Å². The number of rotatable bonds is 2. The fourth-order valence-corrected chi connectivity index (χ4v) is 0.878. The molecule has 1 N–H and O–H groups in total. The van der Waals surface area contributed by atoms with E-state index in [-0.39, 0.29) is 0 Å². The van der Waals surface area contributed by atoms with Crippen LogP contribution in [0.2, 0.25) is 0 Å². The van der Waals surface area contributed by atoms with Gasteiger partial charge in [0.1, 0.15) is 0 Å². The second-order valence-corrected chi connectivity index (χ2v) is 3.04. The zero-order valence-corrected chi connectivity index (χ0v) is 6.74. The van der Waals surface area contributed by atoms with E-state index in [1.54, 1.807) is 0 Å². The molecule has 11 heteroatoms. The van der Waals surface area contributed by atoms with Crippen LogP contribution in [0.15, 0.2) is 0 Å². The van der Waals surface area contributed by atoms with Crippen LogP contribution in [0.4, 0.5) is 26.3 Å². The molecule has 0 spiro atoms. The van der Waals surface area contributed by atoms with Gasteiger partial charge in [0.05, 0.1) is 0 Å². The van der Waals surface area contributed by atoms with E-state index < -0.39 is 28.9 Å². The zero-order valence-electron chi connectivity index (χ0n) is 5.93. The minimum atomic E-state index is -5.98. The molecule has 0 aromatic rings. The zero-order chi connectivity index (χ0) is 11.8. The Morgan fingerprint density at radius 2 is 1.29 bits per heavy atom. The van der Waals surface area contributed by atoms with Gasteiger partial charge in [-0.2, -0.15) is 34.8 Å². The molecule has 4 nitrogen and oxygen atoms in total. The lowest BCUT2D eigenvalue weighted by atomic mass is 10.3. The Labute approximate surface area is 73.4 Å². The van der Waals surface area contributed by atoms with Gasteiger partial charge in [0.2, 0.25) is 0 Å². The Bertz CT molecular complexity index is 273.